The van der Waals surface area contributed by atoms with Crippen LogP contribution in [-0.2, 0) is 0 Å². The van der Waals surface area contributed by atoms with Gasteiger partial charge in [0.05, 0.1) is 5.92 Å². The summed E-state index contributed by atoms with van der Waals surface area (Å²) in [5, 5.41) is 0. The molecule has 3 heteroatoms. The van der Waals surface area contributed by atoms with Crippen LogP contribution in [0, 0.1) is 23.4 Å². The molecule has 109 valence electrons. The van der Waals surface area contributed by atoms with Gasteiger partial charge in [-0.3, -0.25) is 0 Å². The highest BCUT2D eigenvalue weighted by Gasteiger charge is 2.19. The molecular weight excluding hydrogens is 285 g/mol. The first kappa shape index (κ1) is 14.4. The van der Waals surface area contributed by atoms with Crippen molar-refractivity contribution in [1.82, 2.24) is 0 Å². The molecule has 3 aromatic carbocycles. The van der Waals surface area contributed by atoms with E-state index < -0.39 is 17.5 Å². The Bertz CT molecular complexity index is 688. The molecule has 0 spiro atoms. The minimum Gasteiger partial charge on any atom is -0.207 e. The van der Waals surface area contributed by atoms with Crippen LogP contribution in [0.4, 0.5) is 13.2 Å². The predicted molar refractivity (Wildman–Crippen MR) is 79.7 cm³/mol. The number of benzene rings is 3. The fraction of sp³-hybridized carbons (Fsp3) is 0. The van der Waals surface area contributed by atoms with E-state index in [9.17, 15) is 13.2 Å². The topological polar surface area (TPSA) is 0 Å². The van der Waals surface area contributed by atoms with Crippen molar-refractivity contribution in [2.45, 2.75) is 0 Å². The van der Waals surface area contributed by atoms with Gasteiger partial charge in [0.2, 0.25) is 0 Å². The van der Waals surface area contributed by atoms with Crippen molar-refractivity contribution in [3.8, 4) is 0 Å². The van der Waals surface area contributed by atoms with Crippen molar-refractivity contribution in [3.63, 3.8) is 0 Å². The third-order valence-electron chi connectivity index (χ3n) is 3.34. The van der Waals surface area contributed by atoms with Crippen molar-refractivity contribution < 1.29 is 13.2 Å². The van der Waals surface area contributed by atoms with Gasteiger partial charge in [-0.1, -0.05) is 36.4 Å². The lowest BCUT2D eigenvalue weighted by molar-refractivity contribution is 0.624. The standard InChI is InChI=1S/C19H12F3/c20-16-7-1-4-13(10-16)19(14-5-2-8-17(21)11-14)15-6-3-9-18(22)12-15/h1-12H. The predicted octanol–water partition coefficient (Wildman–Crippen LogP) is 5.12. The molecule has 0 aliphatic heterocycles. The fourth-order valence-electron chi connectivity index (χ4n) is 2.43. The highest BCUT2D eigenvalue weighted by Crippen LogP contribution is 2.31. The number of hydrogen-bond acceptors (Lipinski definition) is 0. The Hall–Kier alpha value is -2.55. The van der Waals surface area contributed by atoms with Crippen LogP contribution in [0.1, 0.15) is 16.7 Å². The fourth-order valence-corrected chi connectivity index (χ4v) is 2.43. The van der Waals surface area contributed by atoms with Gasteiger partial charge in [-0.15, -0.1) is 0 Å². The zero-order valence-electron chi connectivity index (χ0n) is 11.6. The van der Waals surface area contributed by atoms with E-state index >= 15 is 0 Å². The van der Waals surface area contributed by atoms with Crippen LogP contribution in [0.25, 0.3) is 0 Å². The maximum Gasteiger partial charge on any atom is 0.123 e. The van der Waals surface area contributed by atoms with E-state index in [1.165, 1.54) is 36.4 Å². The van der Waals surface area contributed by atoms with Crippen LogP contribution in [0.3, 0.4) is 0 Å². The Morgan fingerprint density at radius 3 is 1.09 bits per heavy atom. The van der Waals surface area contributed by atoms with E-state index in [1.54, 1.807) is 36.4 Å². The molecule has 0 aliphatic rings. The zero-order valence-corrected chi connectivity index (χ0v) is 11.6. The van der Waals surface area contributed by atoms with Gasteiger partial charge in [-0.2, -0.15) is 0 Å². The van der Waals surface area contributed by atoms with Crippen molar-refractivity contribution in [2.75, 3.05) is 0 Å². The van der Waals surface area contributed by atoms with E-state index in [-0.39, 0.29) is 0 Å². The Balaban J connectivity index is 2.18. The average Bonchev–Trinajstić information content (AvgIpc) is 2.48. The molecule has 3 rings (SSSR count). The first-order valence-electron chi connectivity index (χ1n) is 6.78. The van der Waals surface area contributed by atoms with Crippen molar-refractivity contribution in [1.29, 1.82) is 0 Å². The third-order valence-corrected chi connectivity index (χ3v) is 3.34. The molecule has 0 atom stereocenters. The van der Waals surface area contributed by atoms with E-state index in [1.807, 2.05) is 0 Å². The lowest BCUT2D eigenvalue weighted by Gasteiger charge is -2.18. The summed E-state index contributed by atoms with van der Waals surface area (Å²) >= 11 is 0. The van der Waals surface area contributed by atoms with Crippen LogP contribution in [0.2, 0.25) is 0 Å². The second-order valence-corrected chi connectivity index (χ2v) is 4.91. The van der Waals surface area contributed by atoms with E-state index in [0.29, 0.717) is 22.6 Å². The van der Waals surface area contributed by atoms with Crippen LogP contribution >= 0.6 is 0 Å². The largest absolute Gasteiger partial charge is 0.207 e. The van der Waals surface area contributed by atoms with Gasteiger partial charge in [0.1, 0.15) is 17.5 Å². The summed E-state index contributed by atoms with van der Waals surface area (Å²) in [4.78, 5) is 0. The van der Waals surface area contributed by atoms with Crippen LogP contribution in [0.15, 0.2) is 72.8 Å². The molecule has 0 N–H and O–H groups in total. The second kappa shape index (κ2) is 6.06. The smallest absolute Gasteiger partial charge is 0.123 e. The molecule has 0 nitrogen and oxygen atoms in total. The van der Waals surface area contributed by atoms with Crippen molar-refractivity contribution in [2.24, 2.45) is 0 Å². The molecule has 0 heterocycles. The summed E-state index contributed by atoms with van der Waals surface area (Å²) in [6.07, 6.45) is 0. The quantitative estimate of drug-likeness (QED) is 0.588. The summed E-state index contributed by atoms with van der Waals surface area (Å²) in [5.74, 6) is -0.619. The van der Waals surface area contributed by atoms with Crippen molar-refractivity contribution in [3.05, 3.63) is 113 Å². The normalized spacial score (nSPS) is 10.9. The maximum atomic E-state index is 13.6. The maximum absolute atomic E-state index is 13.6. The first-order valence-corrected chi connectivity index (χ1v) is 6.78. The second-order valence-electron chi connectivity index (χ2n) is 4.91. The molecule has 0 amide bonds. The number of halogens is 3. The van der Waals surface area contributed by atoms with Gasteiger partial charge in [0.15, 0.2) is 0 Å². The molecule has 0 aliphatic carbocycles. The Kier molecular flexibility index (Phi) is 3.96. The molecule has 3 aromatic rings. The van der Waals surface area contributed by atoms with E-state index in [0.717, 1.165) is 0 Å². The van der Waals surface area contributed by atoms with Gasteiger partial charge in [0.25, 0.3) is 0 Å². The van der Waals surface area contributed by atoms with Crippen molar-refractivity contribution >= 4 is 0 Å². The zero-order chi connectivity index (χ0) is 15.5. The van der Waals surface area contributed by atoms with Gasteiger partial charge in [-0.25, -0.2) is 13.2 Å². The summed E-state index contributed by atoms with van der Waals surface area (Å²) in [7, 11) is 0. The molecule has 0 aromatic heterocycles. The van der Waals surface area contributed by atoms with Gasteiger partial charge in [-0.05, 0) is 53.1 Å². The SMILES string of the molecule is Fc1cccc([C](c2cccc(F)c2)c2cccc(F)c2)c1. The highest BCUT2D eigenvalue weighted by atomic mass is 19.1. The Labute approximate surface area is 126 Å². The third kappa shape index (κ3) is 3.03. The Morgan fingerprint density at radius 1 is 0.500 bits per heavy atom. The van der Waals surface area contributed by atoms with E-state index in [2.05, 4.69) is 0 Å². The van der Waals surface area contributed by atoms with Crippen LogP contribution < -0.4 is 0 Å². The number of rotatable bonds is 3. The van der Waals surface area contributed by atoms with Gasteiger partial charge < -0.3 is 0 Å². The molecular formula is C19H12F3. The highest BCUT2D eigenvalue weighted by molar-refractivity contribution is 5.57. The minimum absolute atomic E-state index is 0.400. The molecule has 0 unspecified atom stereocenters. The lowest BCUT2D eigenvalue weighted by atomic mass is 9.85. The summed E-state index contributed by atoms with van der Waals surface area (Å²) < 4.78 is 40.7. The van der Waals surface area contributed by atoms with Gasteiger partial charge in [0, 0.05) is 0 Å². The molecule has 22 heavy (non-hydrogen) atoms. The summed E-state index contributed by atoms with van der Waals surface area (Å²) in [5.41, 5.74) is 1.70. The molecule has 1 radical (unpaired) electrons. The number of hydrogen-bond donors (Lipinski definition) is 0. The molecule has 0 fully saturated rings. The van der Waals surface area contributed by atoms with Gasteiger partial charge >= 0.3 is 0 Å². The first-order chi connectivity index (χ1) is 10.6. The summed E-state index contributed by atoms with van der Waals surface area (Å²) in [6.45, 7) is 0. The molecule has 0 saturated heterocycles. The van der Waals surface area contributed by atoms with Crippen LogP contribution in [-0.4, -0.2) is 0 Å². The lowest BCUT2D eigenvalue weighted by Crippen LogP contribution is -2.05. The Morgan fingerprint density at radius 2 is 0.818 bits per heavy atom. The average molecular weight is 297 g/mol. The van der Waals surface area contributed by atoms with E-state index in [4.69, 9.17) is 0 Å². The minimum atomic E-state index is -0.400. The summed E-state index contributed by atoms with van der Waals surface area (Å²) in [6, 6.07) is 17.9. The monoisotopic (exact) mass is 297 g/mol. The van der Waals surface area contributed by atoms with Crippen LogP contribution in [0.5, 0.6) is 0 Å². The molecule has 0 bridgehead atoms. The molecule has 0 saturated carbocycles.